The molecule has 0 aliphatic rings. The van der Waals surface area contributed by atoms with Crippen LogP contribution < -0.4 is 5.11 Å². The van der Waals surface area contributed by atoms with Gasteiger partial charge in [0.1, 0.15) is 5.56 Å². The van der Waals surface area contributed by atoms with Crippen molar-refractivity contribution in [3.63, 3.8) is 0 Å². The molecule has 0 amide bonds. The summed E-state index contributed by atoms with van der Waals surface area (Å²) in [5.74, 6) is -1.78. The quantitative estimate of drug-likeness (QED) is 0.563. The summed E-state index contributed by atoms with van der Waals surface area (Å²) in [7, 11) is 0. The predicted octanol–water partition coefficient (Wildman–Crippen LogP) is 0.977. The lowest BCUT2D eigenvalue weighted by Gasteiger charge is -2.09. The first-order valence-electron chi connectivity index (χ1n) is 3.80. The number of alkyl halides is 3. The van der Waals surface area contributed by atoms with Gasteiger partial charge in [-0.2, -0.15) is 13.2 Å². The van der Waals surface area contributed by atoms with E-state index in [1.54, 1.807) is 0 Å². The van der Waals surface area contributed by atoms with Gasteiger partial charge in [0.25, 0.3) is 5.69 Å². The summed E-state index contributed by atoms with van der Waals surface area (Å²) >= 11 is 0. The van der Waals surface area contributed by atoms with Crippen molar-refractivity contribution in [2.75, 3.05) is 0 Å². The SMILES string of the molecule is O=C([O-])c1ccc(C(F)(F)F)c([N+](=O)[O-])c1. The fourth-order valence-electron chi connectivity index (χ4n) is 1.05. The molecule has 16 heavy (non-hydrogen) atoms. The van der Waals surface area contributed by atoms with Crippen molar-refractivity contribution >= 4 is 11.7 Å². The summed E-state index contributed by atoms with van der Waals surface area (Å²) in [5.41, 5.74) is -3.49. The topological polar surface area (TPSA) is 83.3 Å². The molecule has 5 nitrogen and oxygen atoms in total. The fraction of sp³-hybridized carbons (Fsp3) is 0.125. The maximum absolute atomic E-state index is 12.3. The minimum absolute atomic E-state index is 0.318. The first-order valence-corrected chi connectivity index (χ1v) is 3.80. The zero-order chi connectivity index (χ0) is 12.5. The molecule has 1 aromatic carbocycles. The summed E-state index contributed by atoms with van der Waals surface area (Å²) in [6.07, 6.45) is -4.91. The summed E-state index contributed by atoms with van der Waals surface area (Å²) in [6.45, 7) is 0. The number of nitro benzene ring substituents is 1. The standard InChI is InChI=1S/C8H4F3NO4/c9-8(10,11)5-2-1-4(7(13)14)3-6(5)12(15)16/h1-3H,(H,13,14)/p-1. The Kier molecular flexibility index (Phi) is 2.84. The van der Waals surface area contributed by atoms with E-state index in [2.05, 4.69) is 0 Å². The molecule has 8 heteroatoms. The molecule has 1 aromatic rings. The van der Waals surface area contributed by atoms with Crippen LogP contribution in [0.4, 0.5) is 18.9 Å². The molecule has 0 aliphatic carbocycles. The van der Waals surface area contributed by atoms with E-state index in [9.17, 15) is 33.2 Å². The highest BCUT2D eigenvalue weighted by molar-refractivity contribution is 5.86. The van der Waals surface area contributed by atoms with E-state index in [-0.39, 0.29) is 0 Å². The highest BCUT2D eigenvalue weighted by Gasteiger charge is 2.38. The molecule has 0 heterocycles. The summed E-state index contributed by atoms with van der Waals surface area (Å²) in [6, 6.07) is 1.26. The van der Waals surface area contributed by atoms with Gasteiger partial charge in [-0.15, -0.1) is 0 Å². The van der Waals surface area contributed by atoms with Crippen molar-refractivity contribution in [1.82, 2.24) is 0 Å². The molecular formula is C8H3F3NO4-. The third kappa shape index (κ3) is 2.27. The van der Waals surface area contributed by atoms with Crippen LogP contribution in [0.25, 0.3) is 0 Å². The summed E-state index contributed by atoms with van der Waals surface area (Å²) in [4.78, 5) is 19.4. The molecule has 0 aromatic heterocycles. The fourth-order valence-corrected chi connectivity index (χ4v) is 1.05. The molecular weight excluding hydrogens is 231 g/mol. The number of benzene rings is 1. The zero-order valence-electron chi connectivity index (χ0n) is 7.45. The smallest absolute Gasteiger partial charge is 0.422 e. The largest absolute Gasteiger partial charge is 0.545 e. The van der Waals surface area contributed by atoms with Crippen LogP contribution in [0.3, 0.4) is 0 Å². The van der Waals surface area contributed by atoms with Crippen LogP contribution in [0.15, 0.2) is 18.2 Å². The van der Waals surface area contributed by atoms with Crippen LogP contribution in [0.5, 0.6) is 0 Å². The first kappa shape index (κ1) is 12.0. The zero-order valence-corrected chi connectivity index (χ0v) is 7.45. The number of carboxylic acid groups (broad SMARTS) is 1. The molecule has 1 rings (SSSR count). The van der Waals surface area contributed by atoms with Gasteiger partial charge in [-0.05, 0) is 6.07 Å². The minimum Gasteiger partial charge on any atom is -0.545 e. The maximum Gasteiger partial charge on any atom is 0.422 e. The van der Waals surface area contributed by atoms with Crippen LogP contribution in [0.1, 0.15) is 15.9 Å². The van der Waals surface area contributed by atoms with Crippen LogP contribution >= 0.6 is 0 Å². The lowest BCUT2D eigenvalue weighted by Crippen LogP contribution is -2.22. The van der Waals surface area contributed by atoms with Crippen molar-refractivity contribution in [2.24, 2.45) is 0 Å². The van der Waals surface area contributed by atoms with Gasteiger partial charge in [-0.1, -0.05) is 6.07 Å². The normalized spacial score (nSPS) is 11.2. The van der Waals surface area contributed by atoms with E-state index in [0.29, 0.717) is 18.2 Å². The second-order valence-corrected chi connectivity index (χ2v) is 2.77. The number of aromatic carboxylic acids is 1. The highest BCUT2D eigenvalue weighted by atomic mass is 19.4. The Morgan fingerprint density at radius 2 is 1.88 bits per heavy atom. The third-order valence-electron chi connectivity index (χ3n) is 1.74. The Morgan fingerprint density at radius 3 is 2.25 bits per heavy atom. The number of rotatable bonds is 2. The van der Waals surface area contributed by atoms with Gasteiger partial charge < -0.3 is 9.90 Å². The van der Waals surface area contributed by atoms with Crippen LogP contribution in [0, 0.1) is 10.1 Å². The van der Waals surface area contributed by atoms with Crippen LogP contribution in [-0.4, -0.2) is 10.9 Å². The predicted molar refractivity (Wildman–Crippen MR) is 42.4 cm³/mol. The molecule has 0 aliphatic heterocycles. The Morgan fingerprint density at radius 1 is 1.31 bits per heavy atom. The van der Waals surface area contributed by atoms with Crippen molar-refractivity contribution in [3.8, 4) is 0 Å². The second kappa shape index (κ2) is 3.80. The average molecular weight is 234 g/mol. The Labute approximate surface area is 86.3 Å². The second-order valence-electron chi connectivity index (χ2n) is 2.77. The lowest BCUT2D eigenvalue weighted by atomic mass is 10.1. The number of carbonyl (C=O) groups excluding carboxylic acids is 1. The minimum atomic E-state index is -4.91. The molecule has 86 valence electrons. The van der Waals surface area contributed by atoms with Gasteiger partial charge in [0, 0.05) is 11.6 Å². The number of hydrogen-bond acceptors (Lipinski definition) is 4. The Balaban J connectivity index is 3.43. The van der Waals surface area contributed by atoms with Crippen molar-refractivity contribution in [1.29, 1.82) is 0 Å². The highest BCUT2D eigenvalue weighted by Crippen LogP contribution is 2.36. The number of carbonyl (C=O) groups is 1. The molecule has 0 atom stereocenters. The molecule has 0 fully saturated rings. The monoisotopic (exact) mass is 234 g/mol. The Hall–Kier alpha value is -2.12. The van der Waals surface area contributed by atoms with Crippen LogP contribution in [-0.2, 0) is 6.18 Å². The van der Waals surface area contributed by atoms with E-state index in [4.69, 9.17) is 0 Å². The molecule has 0 saturated heterocycles. The molecule has 0 bridgehead atoms. The Bertz CT molecular complexity index is 455. The number of nitro groups is 1. The molecule has 0 unspecified atom stereocenters. The molecule has 0 saturated carbocycles. The van der Waals surface area contributed by atoms with E-state index >= 15 is 0 Å². The number of carboxylic acids is 1. The first-order chi connectivity index (χ1) is 7.23. The molecule has 0 spiro atoms. The van der Waals surface area contributed by atoms with Crippen molar-refractivity contribution < 1.29 is 28.0 Å². The van der Waals surface area contributed by atoms with Crippen molar-refractivity contribution in [3.05, 3.63) is 39.4 Å². The van der Waals surface area contributed by atoms with Gasteiger partial charge in [0.2, 0.25) is 0 Å². The average Bonchev–Trinajstić information content (AvgIpc) is 2.15. The van der Waals surface area contributed by atoms with Crippen LogP contribution in [0.2, 0.25) is 0 Å². The van der Waals surface area contributed by atoms with Gasteiger partial charge in [-0.25, -0.2) is 0 Å². The van der Waals surface area contributed by atoms with Gasteiger partial charge in [0.05, 0.1) is 10.9 Å². The number of halogens is 3. The summed E-state index contributed by atoms with van der Waals surface area (Å²) < 4.78 is 36.8. The van der Waals surface area contributed by atoms with Gasteiger partial charge in [0.15, 0.2) is 0 Å². The van der Waals surface area contributed by atoms with Crippen molar-refractivity contribution in [2.45, 2.75) is 6.18 Å². The van der Waals surface area contributed by atoms with E-state index in [0.717, 1.165) is 0 Å². The molecule has 0 radical (unpaired) electrons. The van der Waals surface area contributed by atoms with Gasteiger partial charge in [-0.3, -0.25) is 10.1 Å². The third-order valence-corrected chi connectivity index (χ3v) is 1.74. The maximum atomic E-state index is 12.3. The lowest BCUT2D eigenvalue weighted by molar-refractivity contribution is -0.388. The number of hydrogen-bond donors (Lipinski definition) is 0. The number of nitrogens with zero attached hydrogens (tertiary/aromatic N) is 1. The van der Waals surface area contributed by atoms with Gasteiger partial charge >= 0.3 is 6.18 Å². The van der Waals surface area contributed by atoms with E-state index in [1.165, 1.54) is 0 Å². The summed E-state index contributed by atoms with van der Waals surface area (Å²) in [5, 5.41) is 20.7. The molecule has 0 N–H and O–H groups in total. The van der Waals surface area contributed by atoms with E-state index < -0.39 is 33.9 Å². The van der Waals surface area contributed by atoms with E-state index in [1.807, 2.05) is 0 Å².